The molecule has 2 heterocycles. The largest absolute Gasteiger partial charge is 0.329 e. The lowest BCUT2D eigenvalue weighted by Gasteiger charge is -2.47. The summed E-state index contributed by atoms with van der Waals surface area (Å²) in [6.07, 6.45) is 2.43. The fraction of sp³-hybridized carbons (Fsp3) is 0.667. The molecule has 0 radical (unpaired) electrons. The summed E-state index contributed by atoms with van der Waals surface area (Å²) in [5, 5.41) is 0. The fourth-order valence-corrected chi connectivity index (χ4v) is 3.99. The first kappa shape index (κ1) is 15.0. The molecule has 3 rings (SSSR count). The third-order valence-electron chi connectivity index (χ3n) is 5.30. The van der Waals surface area contributed by atoms with E-state index in [2.05, 4.69) is 47.9 Å². The van der Waals surface area contributed by atoms with E-state index in [9.17, 15) is 0 Å². The molecule has 1 saturated heterocycles. The minimum absolute atomic E-state index is 0.215. The predicted octanol–water partition coefficient (Wildman–Crippen LogP) is 2.45. The third-order valence-corrected chi connectivity index (χ3v) is 5.30. The van der Waals surface area contributed by atoms with Gasteiger partial charge in [0.25, 0.3) is 0 Å². The van der Waals surface area contributed by atoms with Crippen molar-refractivity contribution < 1.29 is 0 Å². The zero-order chi connectivity index (χ0) is 14.9. The van der Waals surface area contributed by atoms with Gasteiger partial charge in [-0.1, -0.05) is 38.1 Å². The Morgan fingerprint density at radius 2 is 1.67 bits per heavy atom. The highest BCUT2D eigenvalue weighted by atomic mass is 15.3. The molecule has 2 aliphatic heterocycles. The van der Waals surface area contributed by atoms with Crippen molar-refractivity contribution in [2.75, 3.05) is 26.2 Å². The van der Waals surface area contributed by atoms with Crippen LogP contribution in [0.1, 0.15) is 37.8 Å². The van der Waals surface area contributed by atoms with E-state index in [1.165, 1.54) is 43.6 Å². The maximum atomic E-state index is 6.24. The molecule has 0 atom stereocenters. The number of piperidine rings is 1. The monoisotopic (exact) mass is 287 g/mol. The van der Waals surface area contributed by atoms with Crippen LogP contribution in [-0.4, -0.2) is 41.5 Å². The number of nitrogens with zero attached hydrogens (tertiary/aromatic N) is 2. The van der Waals surface area contributed by atoms with Crippen LogP contribution in [0.25, 0.3) is 0 Å². The summed E-state index contributed by atoms with van der Waals surface area (Å²) in [5.41, 5.74) is 9.44. The number of rotatable bonds is 4. The van der Waals surface area contributed by atoms with Gasteiger partial charge >= 0.3 is 0 Å². The van der Waals surface area contributed by atoms with Gasteiger partial charge in [0.05, 0.1) is 0 Å². The Morgan fingerprint density at radius 3 is 2.14 bits per heavy atom. The van der Waals surface area contributed by atoms with Crippen molar-refractivity contribution >= 4 is 0 Å². The zero-order valence-electron chi connectivity index (χ0n) is 13.5. The van der Waals surface area contributed by atoms with Crippen LogP contribution in [0.5, 0.6) is 0 Å². The topological polar surface area (TPSA) is 32.5 Å². The quantitative estimate of drug-likeness (QED) is 0.923. The van der Waals surface area contributed by atoms with Gasteiger partial charge < -0.3 is 10.6 Å². The van der Waals surface area contributed by atoms with Gasteiger partial charge in [0.15, 0.2) is 0 Å². The van der Waals surface area contributed by atoms with Crippen molar-refractivity contribution in [3.8, 4) is 0 Å². The van der Waals surface area contributed by atoms with Crippen molar-refractivity contribution in [1.82, 2.24) is 9.80 Å². The second-order valence-corrected chi connectivity index (χ2v) is 7.25. The van der Waals surface area contributed by atoms with Crippen LogP contribution in [0.3, 0.4) is 0 Å². The second-order valence-electron chi connectivity index (χ2n) is 7.25. The predicted molar refractivity (Wildman–Crippen MR) is 88.0 cm³/mol. The Bertz CT molecular complexity index is 450. The Hall–Kier alpha value is -0.900. The molecule has 1 aromatic carbocycles. The van der Waals surface area contributed by atoms with Crippen molar-refractivity contribution in [2.24, 2.45) is 11.7 Å². The van der Waals surface area contributed by atoms with E-state index in [0.29, 0.717) is 0 Å². The molecule has 2 aliphatic rings. The third kappa shape index (κ3) is 3.01. The number of hydrogen-bond donors (Lipinski definition) is 1. The molecule has 3 heteroatoms. The highest BCUT2D eigenvalue weighted by Crippen LogP contribution is 2.35. The zero-order valence-corrected chi connectivity index (χ0v) is 13.5. The molecule has 21 heavy (non-hydrogen) atoms. The lowest BCUT2D eigenvalue weighted by Crippen LogP contribution is -2.58. The van der Waals surface area contributed by atoms with E-state index in [-0.39, 0.29) is 5.54 Å². The normalized spacial score (nSPS) is 22.7. The maximum absolute atomic E-state index is 6.24. The van der Waals surface area contributed by atoms with Gasteiger partial charge in [0.2, 0.25) is 0 Å². The van der Waals surface area contributed by atoms with Crippen LogP contribution >= 0.6 is 0 Å². The summed E-state index contributed by atoms with van der Waals surface area (Å²) >= 11 is 0. The average Bonchev–Trinajstić information content (AvgIpc) is 2.92. The van der Waals surface area contributed by atoms with E-state index in [1.54, 1.807) is 0 Å². The molecule has 0 aromatic heterocycles. The highest BCUT2D eigenvalue weighted by Gasteiger charge is 2.40. The number of fused-ring (bicyclic) bond motifs is 1. The molecule has 0 unspecified atom stereocenters. The summed E-state index contributed by atoms with van der Waals surface area (Å²) in [6, 6.07) is 8.85. The number of likely N-dealkylation sites (tertiary alicyclic amines) is 1. The minimum atomic E-state index is 0.215. The van der Waals surface area contributed by atoms with Crippen LogP contribution < -0.4 is 5.73 Å². The smallest absolute Gasteiger partial charge is 0.0363 e. The number of benzene rings is 1. The summed E-state index contributed by atoms with van der Waals surface area (Å²) in [7, 11) is 0. The van der Waals surface area contributed by atoms with Gasteiger partial charge in [-0.05, 0) is 43.0 Å². The first-order chi connectivity index (χ1) is 10.1. The van der Waals surface area contributed by atoms with Crippen LogP contribution in [0, 0.1) is 5.92 Å². The SMILES string of the molecule is CC(C)CN1CCC(CN)(N2Cc3ccccc3C2)CC1. The average molecular weight is 287 g/mol. The Morgan fingerprint density at radius 1 is 1.10 bits per heavy atom. The van der Waals surface area contributed by atoms with Gasteiger partial charge in [-0.3, -0.25) is 4.90 Å². The first-order valence-electron chi connectivity index (χ1n) is 8.37. The molecular formula is C18H29N3. The molecule has 0 amide bonds. The number of hydrogen-bond acceptors (Lipinski definition) is 3. The standard InChI is InChI=1S/C18H29N3/c1-15(2)11-20-9-7-18(14-19,8-10-20)21-12-16-5-3-4-6-17(16)13-21/h3-6,15H,7-14,19H2,1-2H3. The van der Waals surface area contributed by atoms with Crippen LogP contribution in [0.4, 0.5) is 0 Å². The van der Waals surface area contributed by atoms with Crippen LogP contribution in [0.2, 0.25) is 0 Å². The van der Waals surface area contributed by atoms with Crippen molar-refractivity contribution in [3.63, 3.8) is 0 Å². The molecule has 2 N–H and O–H groups in total. The Kier molecular flexibility index (Phi) is 4.34. The van der Waals surface area contributed by atoms with Gasteiger partial charge in [-0.25, -0.2) is 0 Å². The van der Waals surface area contributed by atoms with Gasteiger partial charge in [0, 0.05) is 31.7 Å². The summed E-state index contributed by atoms with van der Waals surface area (Å²) in [6.45, 7) is 11.2. The molecule has 0 spiro atoms. The lowest BCUT2D eigenvalue weighted by atomic mass is 9.85. The lowest BCUT2D eigenvalue weighted by molar-refractivity contribution is 0.0206. The Labute approximate surface area is 129 Å². The highest BCUT2D eigenvalue weighted by molar-refractivity contribution is 5.31. The summed E-state index contributed by atoms with van der Waals surface area (Å²) in [4.78, 5) is 5.26. The maximum Gasteiger partial charge on any atom is 0.0363 e. The Balaban J connectivity index is 1.67. The second kappa shape index (κ2) is 6.07. The fourth-order valence-electron chi connectivity index (χ4n) is 3.99. The molecule has 0 saturated carbocycles. The van der Waals surface area contributed by atoms with Crippen molar-refractivity contribution in [1.29, 1.82) is 0 Å². The van der Waals surface area contributed by atoms with Gasteiger partial charge in [0.1, 0.15) is 0 Å². The van der Waals surface area contributed by atoms with Gasteiger partial charge in [-0.2, -0.15) is 0 Å². The van der Waals surface area contributed by atoms with Gasteiger partial charge in [-0.15, -0.1) is 0 Å². The molecule has 1 fully saturated rings. The summed E-state index contributed by atoms with van der Waals surface area (Å²) < 4.78 is 0. The van der Waals surface area contributed by atoms with Crippen LogP contribution in [0.15, 0.2) is 24.3 Å². The molecule has 3 nitrogen and oxygen atoms in total. The molecule has 0 bridgehead atoms. The summed E-state index contributed by atoms with van der Waals surface area (Å²) in [5.74, 6) is 0.756. The van der Waals surface area contributed by atoms with E-state index in [0.717, 1.165) is 25.6 Å². The van der Waals surface area contributed by atoms with E-state index >= 15 is 0 Å². The van der Waals surface area contributed by atoms with Crippen molar-refractivity contribution in [3.05, 3.63) is 35.4 Å². The van der Waals surface area contributed by atoms with E-state index in [1.807, 2.05) is 0 Å². The van der Waals surface area contributed by atoms with E-state index in [4.69, 9.17) is 5.73 Å². The molecule has 1 aromatic rings. The first-order valence-corrected chi connectivity index (χ1v) is 8.37. The minimum Gasteiger partial charge on any atom is -0.329 e. The van der Waals surface area contributed by atoms with Crippen LogP contribution in [-0.2, 0) is 13.1 Å². The number of nitrogens with two attached hydrogens (primary N) is 1. The van der Waals surface area contributed by atoms with E-state index < -0.39 is 0 Å². The molecule has 0 aliphatic carbocycles. The molecule has 116 valence electrons. The molecular weight excluding hydrogens is 258 g/mol. The van der Waals surface area contributed by atoms with Crippen molar-refractivity contribution in [2.45, 2.75) is 45.3 Å².